The summed E-state index contributed by atoms with van der Waals surface area (Å²) in [4.78, 5) is 10.0. The van der Waals surface area contributed by atoms with Gasteiger partial charge in [-0.1, -0.05) is 11.6 Å². The smallest absolute Gasteiger partial charge is 0.291 e. The van der Waals surface area contributed by atoms with Gasteiger partial charge in [0.15, 0.2) is 11.5 Å². The Morgan fingerprint density at radius 1 is 1.53 bits per heavy atom. The number of nitro benzene ring substituents is 1. The predicted octanol–water partition coefficient (Wildman–Crippen LogP) is 2.41. The van der Waals surface area contributed by atoms with E-state index in [0.29, 0.717) is 18.1 Å². The monoisotopic (exact) mass is 229 g/mol. The lowest BCUT2D eigenvalue weighted by molar-refractivity contribution is -0.384. The van der Waals surface area contributed by atoms with E-state index < -0.39 is 4.92 Å². The van der Waals surface area contributed by atoms with E-state index in [-0.39, 0.29) is 16.8 Å². The van der Waals surface area contributed by atoms with Crippen LogP contribution in [0.4, 0.5) is 5.69 Å². The highest BCUT2D eigenvalue weighted by Crippen LogP contribution is 2.39. The zero-order chi connectivity index (χ0) is 11.0. The lowest BCUT2D eigenvalue weighted by Crippen LogP contribution is -2.25. The van der Waals surface area contributed by atoms with Gasteiger partial charge in [-0.25, -0.2) is 0 Å². The number of hydrogen-bond donors (Lipinski definition) is 0. The molecule has 0 N–H and O–H groups in total. The summed E-state index contributed by atoms with van der Waals surface area (Å²) in [5, 5.41) is 10.6. The number of fused-ring (bicyclic) bond motifs is 1. The molecule has 1 aliphatic heterocycles. The van der Waals surface area contributed by atoms with Crippen molar-refractivity contribution in [2.45, 2.75) is 13.0 Å². The Kier molecular flexibility index (Phi) is 2.40. The molecule has 1 aromatic rings. The number of rotatable bonds is 1. The van der Waals surface area contributed by atoms with Crippen molar-refractivity contribution in [3.05, 3.63) is 27.3 Å². The summed E-state index contributed by atoms with van der Waals surface area (Å²) >= 11 is 5.73. The number of hydrogen-bond acceptors (Lipinski definition) is 4. The van der Waals surface area contributed by atoms with Crippen LogP contribution in [0.2, 0.25) is 5.02 Å². The fraction of sp³-hybridized carbons (Fsp3) is 0.333. The molecule has 1 heterocycles. The van der Waals surface area contributed by atoms with Gasteiger partial charge in [0, 0.05) is 6.07 Å². The Labute approximate surface area is 90.7 Å². The fourth-order valence-corrected chi connectivity index (χ4v) is 1.55. The normalized spacial score (nSPS) is 18.7. The standard InChI is InChI=1S/C9H8ClNO4/c1-5-4-14-8-3-7(11(12)13)6(10)2-9(8)15-5/h2-3,5H,4H2,1H3/t5-/m1/s1. The molecule has 80 valence electrons. The van der Waals surface area contributed by atoms with E-state index >= 15 is 0 Å². The van der Waals surface area contributed by atoms with Crippen LogP contribution in [0, 0.1) is 10.1 Å². The molecule has 0 spiro atoms. The molecular formula is C9H8ClNO4. The fourth-order valence-electron chi connectivity index (χ4n) is 1.33. The highest BCUT2D eigenvalue weighted by molar-refractivity contribution is 6.32. The highest BCUT2D eigenvalue weighted by Gasteiger charge is 2.23. The molecule has 0 unspecified atom stereocenters. The first-order chi connectivity index (χ1) is 7.08. The summed E-state index contributed by atoms with van der Waals surface area (Å²) in [7, 11) is 0. The summed E-state index contributed by atoms with van der Waals surface area (Å²) in [6.07, 6.45) is -0.0741. The predicted molar refractivity (Wildman–Crippen MR) is 53.7 cm³/mol. The SMILES string of the molecule is C[C@@H]1COc2cc([N+](=O)[O-])c(Cl)cc2O1. The van der Waals surface area contributed by atoms with E-state index in [4.69, 9.17) is 21.1 Å². The average molecular weight is 230 g/mol. The number of benzene rings is 1. The number of nitrogens with zero attached hydrogens (tertiary/aromatic N) is 1. The van der Waals surface area contributed by atoms with E-state index in [1.807, 2.05) is 6.92 Å². The maximum Gasteiger partial charge on any atom is 0.291 e. The molecule has 0 aliphatic carbocycles. The van der Waals surface area contributed by atoms with Crippen molar-refractivity contribution in [2.75, 3.05) is 6.61 Å². The van der Waals surface area contributed by atoms with Gasteiger partial charge in [-0.3, -0.25) is 10.1 Å². The average Bonchev–Trinajstić information content (AvgIpc) is 2.15. The molecule has 0 fully saturated rings. The van der Waals surface area contributed by atoms with Crippen molar-refractivity contribution in [1.29, 1.82) is 0 Å². The molecule has 2 rings (SSSR count). The molecule has 0 aromatic heterocycles. The molecule has 5 nitrogen and oxygen atoms in total. The van der Waals surface area contributed by atoms with Crippen molar-refractivity contribution in [2.24, 2.45) is 0 Å². The Bertz CT molecular complexity index is 421. The Balaban J connectivity index is 2.46. The third-order valence-corrected chi connectivity index (χ3v) is 2.31. The van der Waals surface area contributed by atoms with Gasteiger partial charge in [0.25, 0.3) is 5.69 Å². The maximum atomic E-state index is 10.6. The second-order valence-corrected chi connectivity index (χ2v) is 3.65. The number of nitro groups is 1. The number of halogens is 1. The zero-order valence-corrected chi connectivity index (χ0v) is 8.65. The summed E-state index contributed by atoms with van der Waals surface area (Å²) in [6.45, 7) is 2.23. The topological polar surface area (TPSA) is 61.6 Å². The Hall–Kier alpha value is -1.49. The quantitative estimate of drug-likeness (QED) is 0.548. The molecule has 0 saturated carbocycles. The molecule has 0 amide bonds. The van der Waals surface area contributed by atoms with Crippen molar-refractivity contribution in [3.63, 3.8) is 0 Å². The van der Waals surface area contributed by atoms with Crippen molar-refractivity contribution >= 4 is 17.3 Å². The van der Waals surface area contributed by atoms with Crippen molar-refractivity contribution in [1.82, 2.24) is 0 Å². The van der Waals surface area contributed by atoms with E-state index in [9.17, 15) is 10.1 Å². The van der Waals surface area contributed by atoms with Crippen LogP contribution in [-0.4, -0.2) is 17.6 Å². The van der Waals surface area contributed by atoms with E-state index in [1.54, 1.807) is 0 Å². The first-order valence-corrected chi connectivity index (χ1v) is 4.73. The van der Waals surface area contributed by atoms with Gasteiger partial charge < -0.3 is 9.47 Å². The van der Waals surface area contributed by atoms with Crippen molar-refractivity contribution in [3.8, 4) is 11.5 Å². The second-order valence-electron chi connectivity index (χ2n) is 3.25. The molecule has 6 heteroatoms. The molecule has 0 radical (unpaired) electrons. The van der Waals surface area contributed by atoms with Gasteiger partial charge in [-0.05, 0) is 6.92 Å². The molecule has 0 saturated heterocycles. The van der Waals surface area contributed by atoms with Gasteiger partial charge in [0.05, 0.1) is 11.0 Å². The van der Waals surface area contributed by atoms with E-state index in [0.717, 1.165) is 0 Å². The van der Waals surface area contributed by atoms with Crippen LogP contribution < -0.4 is 9.47 Å². The van der Waals surface area contributed by atoms with Gasteiger partial charge in [-0.15, -0.1) is 0 Å². The van der Waals surface area contributed by atoms with Gasteiger partial charge in [-0.2, -0.15) is 0 Å². The van der Waals surface area contributed by atoms with Crippen LogP contribution in [-0.2, 0) is 0 Å². The lowest BCUT2D eigenvalue weighted by atomic mass is 10.2. The van der Waals surface area contributed by atoms with Crippen molar-refractivity contribution < 1.29 is 14.4 Å². The first kappa shape index (κ1) is 10.0. The molecule has 1 aliphatic rings. The molecular weight excluding hydrogens is 222 g/mol. The third-order valence-electron chi connectivity index (χ3n) is 2.01. The van der Waals surface area contributed by atoms with Crippen LogP contribution in [0.5, 0.6) is 11.5 Å². The maximum absolute atomic E-state index is 10.6. The first-order valence-electron chi connectivity index (χ1n) is 4.35. The van der Waals surface area contributed by atoms with Gasteiger partial charge >= 0.3 is 0 Å². The van der Waals surface area contributed by atoms with Crippen LogP contribution in [0.3, 0.4) is 0 Å². The van der Waals surface area contributed by atoms with Gasteiger partial charge in [0.2, 0.25) is 0 Å². The third kappa shape index (κ3) is 1.83. The molecule has 1 atom stereocenters. The summed E-state index contributed by atoms with van der Waals surface area (Å²) in [6, 6.07) is 2.69. The van der Waals surface area contributed by atoms with Crippen LogP contribution in [0.15, 0.2) is 12.1 Å². The van der Waals surface area contributed by atoms with Crippen LogP contribution in [0.1, 0.15) is 6.92 Å². The lowest BCUT2D eigenvalue weighted by Gasteiger charge is -2.23. The summed E-state index contributed by atoms with van der Waals surface area (Å²) in [5.74, 6) is 0.813. The molecule has 0 bridgehead atoms. The van der Waals surface area contributed by atoms with Gasteiger partial charge in [0.1, 0.15) is 17.7 Å². The molecule has 1 aromatic carbocycles. The zero-order valence-electron chi connectivity index (χ0n) is 7.90. The minimum absolute atomic E-state index is 0.0523. The van der Waals surface area contributed by atoms with Crippen LogP contribution in [0.25, 0.3) is 0 Å². The number of ether oxygens (including phenoxy) is 2. The van der Waals surface area contributed by atoms with E-state index in [2.05, 4.69) is 0 Å². The Morgan fingerprint density at radius 3 is 2.93 bits per heavy atom. The largest absolute Gasteiger partial charge is 0.486 e. The summed E-state index contributed by atoms with van der Waals surface area (Å²) in [5.41, 5.74) is -0.173. The van der Waals surface area contributed by atoms with E-state index in [1.165, 1.54) is 12.1 Å². The Morgan fingerprint density at radius 2 is 2.27 bits per heavy atom. The minimum atomic E-state index is -0.552. The minimum Gasteiger partial charge on any atom is -0.486 e. The second kappa shape index (κ2) is 3.58. The van der Waals surface area contributed by atoms with Crippen LogP contribution >= 0.6 is 11.6 Å². The molecule has 15 heavy (non-hydrogen) atoms. The highest BCUT2D eigenvalue weighted by atomic mass is 35.5. The summed E-state index contributed by atoms with van der Waals surface area (Å²) < 4.78 is 10.7.